The average Bonchev–Trinajstić information content (AvgIpc) is 2.25. The van der Waals surface area contributed by atoms with Crippen molar-refractivity contribution in [3.63, 3.8) is 0 Å². The maximum Gasteiger partial charge on any atom is 0.224 e. The quantitative estimate of drug-likeness (QED) is 0.747. The highest BCUT2D eigenvalue weighted by Crippen LogP contribution is 2.19. The standard InChI is InChI=1S/C9H13ClN4O/c10-9-12-4-7(11)8(14-9)13-6-2-1-3-15-5-6/h4,6H,1-3,5,11H2,(H,12,13,14). The van der Waals surface area contributed by atoms with Gasteiger partial charge < -0.3 is 15.8 Å². The highest BCUT2D eigenvalue weighted by atomic mass is 35.5. The van der Waals surface area contributed by atoms with E-state index in [-0.39, 0.29) is 11.3 Å². The lowest BCUT2D eigenvalue weighted by Gasteiger charge is -2.24. The number of rotatable bonds is 2. The maximum absolute atomic E-state index is 5.72. The lowest BCUT2D eigenvalue weighted by Crippen LogP contribution is -2.30. The third kappa shape index (κ3) is 2.70. The van der Waals surface area contributed by atoms with Crippen molar-refractivity contribution in [2.75, 3.05) is 24.3 Å². The first-order valence-corrected chi connectivity index (χ1v) is 5.26. The molecule has 0 radical (unpaired) electrons. The van der Waals surface area contributed by atoms with Crippen molar-refractivity contribution in [1.29, 1.82) is 0 Å². The van der Waals surface area contributed by atoms with Crippen LogP contribution in [0.3, 0.4) is 0 Å². The largest absolute Gasteiger partial charge is 0.394 e. The SMILES string of the molecule is Nc1cnc(Cl)nc1NC1CCCOC1. The Hall–Kier alpha value is -1.07. The minimum absolute atomic E-state index is 0.198. The van der Waals surface area contributed by atoms with Gasteiger partial charge in [0.25, 0.3) is 0 Å². The molecular weight excluding hydrogens is 216 g/mol. The Kier molecular flexibility index (Phi) is 3.23. The predicted molar refractivity (Wildman–Crippen MR) is 58.9 cm³/mol. The van der Waals surface area contributed by atoms with Crippen LogP contribution in [0, 0.1) is 0 Å². The van der Waals surface area contributed by atoms with Crippen molar-refractivity contribution in [1.82, 2.24) is 9.97 Å². The highest BCUT2D eigenvalue weighted by Gasteiger charge is 2.15. The number of ether oxygens (including phenoxy) is 1. The van der Waals surface area contributed by atoms with Crippen molar-refractivity contribution >= 4 is 23.1 Å². The first kappa shape index (κ1) is 10.4. The van der Waals surface area contributed by atoms with E-state index in [4.69, 9.17) is 22.1 Å². The molecule has 15 heavy (non-hydrogen) atoms. The summed E-state index contributed by atoms with van der Waals surface area (Å²) in [6, 6.07) is 0.256. The van der Waals surface area contributed by atoms with E-state index in [0.29, 0.717) is 18.1 Å². The first-order valence-electron chi connectivity index (χ1n) is 4.88. The van der Waals surface area contributed by atoms with E-state index in [1.807, 2.05) is 0 Å². The molecule has 0 saturated carbocycles. The van der Waals surface area contributed by atoms with Crippen molar-refractivity contribution in [3.8, 4) is 0 Å². The Morgan fingerprint density at radius 1 is 1.60 bits per heavy atom. The topological polar surface area (TPSA) is 73.1 Å². The molecule has 2 rings (SSSR count). The van der Waals surface area contributed by atoms with Gasteiger partial charge >= 0.3 is 0 Å². The Bertz CT molecular complexity index is 341. The van der Waals surface area contributed by atoms with Crippen molar-refractivity contribution < 1.29 is 4.74 Å². The summed E-state index contributed by atoms with van der Waals surface area (Å²) in [5.41, 5.74) is 6.22. The maximum atomic E-state index is 5.72. The number of hydrogen-bond acceptors (Lipinski definition) is 5. The highest BCUT2D eigenvalue weighted by molar-refractivity contribution is 6.28. The van der Waals surface area contributed by atoms with Crippen molar-refractivity contribution in [3.05, 3.63) is 11.5 Å². The normalized spacial score (nSPS) is 21.3. The molecule has 0 spiro atoms. The molecule has 0 amide bonds. The number of aromatic nitrogens is 2. The summed E-state index contributed by atoms with van der Waals surface area (Å²) in [5, 5.41) is 3.40. The zero-order chi connectivity index (χ0) is 10.7. The number of nitrogen functional groups attached to an aromatic ring is 1. The Balaban J connectivity index is 2.05. The molecule has 2 heterocycles. The minimum atomic E-state index is 0.198. The average molecular weight is 229 g/mol. The van der Waals surface area contributed by atoms with Crippen LogP contribution in [0.25, 0.3) is 0 Å². The molecule has 1 aromatic heterocycles. The van der Waals surface area contributed by atoms with Gasteiger partial charge in [0, 0.05) is 6.61 Å². The number of hydrogen-bond donors (Lipinski definition) is 2. The predicted octanol–water partition coefficient (Wildman–Crippen LogP) is 1.30. The molecule has 6 heteroatoms. The van der Waals surface area contributed by atoms with E-state index in [1.165, 1.54) is 6.20 Å². The first-order chi connectivity index (χ1) is 7.25. The van der Waals surface area contributed by atoms with Gasteiger partial charge in [-0.05, 0) is 24.4 Å². The molecule has 1 aliphatic rings. The van der Waals surface area contributed by atoms with Gasteiger partial charge in [-0.1, -0.05) is 0 Å². The van der Waals surface area contributed by atoms with Crippen LogP contribution in [-0.4, -0.2) is 29.2 Å². The van der Waals surface area contributed by atoms with Crippen LogP contribution >= 0.6 is 11.6 Å². The van der Waals surface area contributed by atoms with Gasteiger partial charge in [-0.15, -0.1) is 0 Å². The zero-order valence-corrected chi connectivity index (χ0v) is 9.00. The Morgan fingerprint density at radius 2 is 2.47 bits per heavy atom. The fourth-order valence-electron chi connectivity index (χ4n) is 1.53. The van der Waals surface area contributed by atoms with Gasteiger partial charge in [-0.25, -0.2) is 4.98 Å². The van der Waals surface area contributed by atoms with Gasteiger partial charge in [0.1, 0.15) is 0 Å². The summed E-state index contributed by atoms with van der Waals surface area (Å²) in [4.78, 5) is 7.82. The molecule has 1 aromatic rings. The smallest absolute Gasteiger partial charge is 0.224 e. The van der Waals surface area contributed by atoms with Gasteiger partial charge in [0.2, 0.25) is 5.28 Å². The fourth-order valence-corrected chi connectivity index (χ4v) is 1.67. The molecule has 82 valence electrons. The van der Waals surface area contributed by atoms with Crippen LogP contribution in [0.2, 0.25) is 5.28 Å². The van der Waals surface area contributed by atoms with Crippen LogP contribution in [0.4, 0.5) is 11.5 Å². The summed E-state index contributed by atoms with van der Waals surface area (Å²) >= 11 is 5.69. The summed E-state index contributed by atoms with van der Waals surface area (Å²) < 4.78 is 5.34. The molecule has 0 bridgehead atoms. The second-order valence-corrected chi connectivity index (χ2v) is 3.84. The summed E-state index contributed by atoms with van der Waals surface area (Å²) in [7, 11) is 0. The van der Waals surface area contributed by atoms with Gasteiger partial charge in [0.05, 0.1) is 24.5 Å². The molecular formula is C9H13ClN4O. The van der Waals surface area contributed by atoms with E-state index in [1.54, 1.807) is 0 Å². The van der Waals surface area contributed by atoms with Gasteiger partial charge in [0.15, 0.2) is 5.82 Å². The number of nitrogens with one attached hydrogen (secondary N) is 1. The number of nitrogens with zero attached hydrogens (tertiary/aromatic N) is 2. The molecule has 1 aliphatic heterocycles. The molecule has 1 fully saturated rings. The second kappa shape index (κ2) is 4.63. The molecule has 1 saturated heterocycles. The van der Waals surface area contributed by atoms with E-state index in [9.17, 15) is 0 Å². The van der Waals surface area contributed by atoms with Crippen LogP contribution in [0.5, 0.6) is 0 Å². The minimum Gasteiger partial charge on any atom is -0.394 e. The zero-order valence-electron chi connectivity index (χ0n) is 8.24. The van der Waals surface area contributed by atoms with Crippen LogP contribution < -0.4 is 11.1 Å². The van der Waals surface area contributed by atoms with Crippen LogP contribution in [0.15, 0.2) is 6.20 Å². The van der Waals surface area contributed by atoms with E-state index in [0.717, 1.165) is 19.4 Å². The van der Waals surface area contributed by atoms with Crippen LogP contribution in [-0.2, 0) is 4.74 Å². The Labute approximate surface area is 93.0 Å². The molecule has 1 unspecified atom stereocenters. The van der Waals surface area contributed by atoms with E-state index >= 15 is 0 Å². The molecule has 3 N–H and O–H groups in total. The lowest BCUT2D eigenvalue weighted by molar-refractivity contribution is 0.0875. The Morgan fingerprint density at radius 3 is 3.20 bits per heavy atom. The van der Waals surface area contributed by atoms with E-state index in [2.05, 4.69) is 15.3 Å². The summed E-state index contributed by atoms with van der Waals surface area (Å²) in [5.74, 6) is 0.588. The number of nitrogens with two attached hydrogens (primary N) is 1. The third-order valence-electron chi connectivity index (χ3n) is 2.29. The van der Waals surface area contributed by atoms with E-state index < -0.39 is 0 Å². The lowest BCUT2D eigenvalue weighted by atomic mass is 10.1. The third-order valence-corrected chi connectivity index (χ3v) is 2.47. The van der Waals surface area contributed by atoms with Gasteiger partial charge in [-0.3, -0.25) is 0 Å². The summed E-state index contributed by atoms with van der Waals surface area (Å²) in [6.07, 6.45) is 3.61. The number of anilines is 2. The molecule has 1 atom stereocenters. The second-order valence-electron chi connectivity index (χ2n) is 3.50. The van der Waals surface area contributed by atoms with Gasteiger partial charge in [-0.2, -0.15) is 4.98 Å². The van der Waals surface area contributed by atoms with Crippen molar-refractivity contribution in [2.45, 2.75) is 18.9 Å². The van der Waals surface area contributed by atoms with Crippen molar-refractivity contribution in [2.24, 2.45) is 0 Å². The fraction of sp³-hybridized carbons (Fsp3) is 0.556. The monoisotopic (exact) mass is 228 g/mol. The molecule has 0 aromatic carbocycles. The molecule has 5 nitrogen and oxygen atoms in total. The summed E-state index contributed by atoms with van der Waals surface area (Å²) in [6.45, 7) is 1.51. The van der Waals surface area contributed by atoms with Crippen LogP contribution in [0.1, 0.15) is 12.8 Å². The molecule has 0 aliphatic carbocycles. The number of halogens is 1.